The number of hydrogen-bond donors (Lipinski definition) is 2. The lowest BCUT2D eigenvalue weighted by atomic mass is 10.2. The number of aromatic amines is 1. The van der Waals surface area contributed by atoms with Gasteiger partial charge in [-0.15, -0.1) is 0 Å². The van der Waals surface area contributed by atoms with Crippen molar-refractivity contribution in [2.45, 2.75) is 20.0 Å². The minimum atomic E-state index is 0.623. The molecule has 2 aromatic rings. The standard InChI is InChI=1S/C14H17N3O2/c1-10-12(9-16-17-10)8-15-7-11-2-3-13-14(6-11)19-5-4-18-13/h2-3,6,9,15H,4-5,7-8H2,1H3,(H,16,17). The van der Waals surface area contributed by atoms with Crippen molar-refractivity contribution in [3.8, 4) is 11.5 Å². The predicted molar refractivity (Wildman–Crippen MR) is 71.3 cm³/mol. The van der Waals surface area contributed by atoms with E-state index in [0.29, 0.717) is 13.2 Å². The van der Waals surface area contributed by atoms with Crippen LogP contribution in [0, 0.1) is 6.92 Å². The Morgan fingerprint density at radius 1 is 1.21 bits per heavy atom. The second kappa shape index (κ2) is 5.32. The molecule has 100 valence electrons. The van der Waals surface area contributed by atoms with E-state index in [1.165, 1.54) is 11.1 Å². The average Bonchev–Trinajstić information content (AvgIpc) is 2.84. The van der Waals surface area contributed by atoms with Gasteiger partial charge in [-0.25, -0.2) is 0 Å². The van der Waals surface area contributed by atoms with Crippen molar-refractivity contribution in [3.05, 3.63) is 41.2 Å². The summed E-state index contributed by atoms with van der Waals surface area (Å²) in [7, 11) is 0. The van der Waals surface area contributed by atoms with Crippen LogP contribution in [0.5, 0.6) is 11.5 Å². The lowest BCUT2D eigenvalue weighted by Gasteiger charge is -2.19. The van der Waals surface area contributed by atoms with Crippen molar-refractivity contribution in [1.29, 1.82) is 0 Å². The van der Waals surface area contributed by atoms with Crippen LogP contribution in [0.15, 0.2) is 24.4 Å². The highest BCUT2D eigenvalue weighted by molar-refractivity contribution is 5.43. The van der Waals surface area contributed by atoms with Gasteiger partial charge in [0.1, 0.15) is 13.2 Å². The van der Waals surface area contributed by atoms with E-state index >= 15 is 0 Å². The first-order chi connectivity index (χ1) is 9.33. The number of nitrogens with zero attached hydrogens (tertiary/aromatic N) is 1. The Balaban J connectivity index is 1.59. The van der Waals surface area contributed by atoms with Gasteiger partial charge < -0.3 is 14.8 Å². The first-order valence-corrected chi connectivity index (χ1v) is 6.41. The summed E-state index contributed by atoms with van der Waals surface area (Å²) in [5.74, 6) is 1.67. The van der Waals surface area contributed by atoms with E-state index in [9.17, 15) is 0 Å². The monoisotopic (exact) mass is 259 g/mol. The van der Waals surface area contributed by atoms with Crippen LogP contribution in [0.2, 0.25) is 0 Å². The molecule has 2 N–H and O–H groups in total. The van der Waals surface area contributed by atoms with Gasteiger partial charge in [-0.05, 0) is 24.6 Å². The first-order valence-electron chi connectivity index (χ1n) is 6.41. The predicted octanol–water partition coefficient (Wildman–Crippen LogP) is 1.78. The average molecular weight is 259 g/mol. The zero-order valence-electron chi connectivity index (χ0n) is 10.9. The third kappa shape index (κ3) is 2.71. The fourth-order valence-corrected chi connectivity index (χ4v) is 2.09. The molecule has 0 atom stereocenters. The molecule has 1 aliphatic heterocycles. The highest BCUT2D eigenvalue weighted by Gasteiger charge is 2.11. The number of H-pyrrole nitrogens is 1. The van der Waals surface area contributed by atoms with Gasteiger partial charge in [0.2, 0.25) is 0 Å². The molecular formula is C14H17N3O2. The zero-order chi connectivity index (χ0) is 13.1. The molecule has 3 rings (SSSR count). The lowest BCUT2D eigenvalue weighted by molar-refractivity contribution is 0.171. The van der Waals surface area contributed by atoms with Gasteiger partial charge >= 0.3 is 0 Å². The van der Waals surface area contributed by atoms with E-state index in [1.54, 1.807) is 0 Å². The summed E-state index contributed by atoms with van der Waals surface area (Å²) in [5, 5.41) is 10.3. The molecule has 0 radical (unpaired) electrons. The summed E-state index contributed by atoms with van der Waals surface area (Å²) in [6.45, 7) is 4.87. The molecule has 1 aromatic carbocycles. The van der Waals surface area contributed by atoms with Gasteiger partial charge in [-0.2, -0.15) is 5.10 Å². The topological polar surface area (TPSA) is 59.2 Å². The number of aryl methyl sites for hydroxylation is 1. The van der Waals surface area contributed by atoms with E-state index < -0.39 is 0 Å². The van der Waals surface area contributed by atoms with Crippen LogP contribution in [0.4, 0.5) is 0 Å². The first kappa shape index (κ1) is 12.0. The SMILES string of the molecule is Cc1[nH]ncc1CNCc1ccc2c(c1)OCCO2. The Morgan fingerprint density at radius 2 is 2.05 bits per heavy atom. The van der Waals surface area contributed by atoms with Gasteiger partial charge in [-0.3, -0.25) is 5.10 Å². The summed E-state index contributed by atoms with van der Waals surface area (Å²) in [6, 6.07) is 6.06. The maximum absolute atomic E-state index is 5.57. The Bertz CT molecular complexity index is 566. The number of benzene rings is 1. The number of aromatic nitrogens is 2. The van der Waals surface area contributed by atoms with Crippen LogP contribution in [0.25, 0.3) is 0 Å². The molecule has 19 heavy (non-hydrogen) atoms. The van der Waals surface area contributed by atoms with Gasteiger partial charge in [0, 0.05) is 24.3 Å². The quantitative estimate of drug-likeness (QED) is 0.878. The molecule has 0 unspecified atom stereocenters. The maximum atomic E-state index is 5.57. The maximum Gasteiger partial charge on any atom is 0.161 e. The van der Waals surface area contributed by atoms with Crippen LogP contribution in [0.3, 0.4) is 0 Å². The van der Waals surface area contributed by atoms with E-state index in [0.717, 1.165) is 30.3 Å². The molecule has 1 aromatic heterocycles. The summed E-state index contributed by atoms with van der Waals surface area (Å²) in [5.41, 5.74) is 3.48. The second-order valence-corrected chi connectivity index (χ2v) is 4.60. The number of nitrogens with one attached hydrogen (secondary N) is 2. The molecule has 1 aliphatic rings. The summed E-state index contributed by atoms with van der Waals surface area (Å²) in [6.07, 6.45) is 1.85. The van der Waals surface area contributed by atoms with E-state index in [2.05, 4.69) is 21.6 Å². The van der Waals surface area contributed by atoms with Gasteiger partial charge in [0.15, 0.2) is 11.5 Å². The summed E-state index contributed by atoms with van der Waals surface area (Å²) >= 11 is 0. The fraction of sp³-hybridized carbons (Fsp3) is 0.357. The molecule has 0 saturated heterocycles. The number of ether oxygens (including phenoxy) is 2. The molecule has 0 saturated carbocycles. The summed E-state index contributed by atoms with van der Waals surface area (Å²) < 4.78 is 11.1. The van der Waals surface area contributed by atoms with E-state index in [-0.39, 0.29) is 0 Å². The second-order valence-electron chi connectivity index (χ2n) is 4.60. The molecule has 0 aliphatic carbocycles. The van der Waals surface area contributed by atoms with Crippen molar-refractivity contribution < 1.29 is 9.47 Å². The molecular weight excluding hydrogens is 242 g/mol. The van der Waals surface area contributed by atoms with Crippen molar-refractivity contribution in [1.82, 2.24) is 15.5 Å². The minimum Gasteiger partial charge on any atom is -0.486 e. The number of hydrogen-bond acceptors (Lipinski definition) is 4. The largest absolute Gasteiger partial charge is 0.486 e. The van der Waals surface area contributed by atoms with Gasteiger partial charge in [0.25, 0.3) is 0 Å². The van der Waals surface area contributed by atoms with Crippen molar-refractivity contribution in [3.63, 3.8) is 0 Å². The van der Waals surface area contributed by atoms with Crippen LogP contribution >= 0.6 is 0 Å². The number of rotatable bonds is 4. The summed E-state index contributed by atoms with van der Waals surface area (Å²) in [4.78, 5) is 0. The molecule has 5 heteroatoms. The minimum absolute atomic E-state index is 0.623. The van der Waals surface area contributed by atoms with Crippen molar-refractivity contribution in [2.75, 3.05) is 13.2 Å². The third-order valence-corrected chi connectivity index (χ3v) is 3.19. The molecule has 0 spiro atoms. The Hall–Kier alpha value is -2.01. The molecule has 0 amide bonds. The Labute approximate surface area is 111 Å². The molecule has 0 fully saturated rings. The molecule has 0 bridgehead atoms. The van der Waals surface area contributed by atoms with E-state index in [1.807, 2.05) is 25.3 Å². The molecule has 5 nitrogen and oxygen atoms in total. The van der Waals surface area contributed by atoms with Gasteiger partial charge in [0.05, 0.1) is 6.20 Å². The van der Waals surface area contributed by atoms with E-state index in [4.69, 9.17) is 9.47 Å². The van der Waals surface area contributed by atoms with Crippen LogP contribution in [-0.4, -0.2) is 23.4 Å². The fourth-order valence-electron chi connectivity index (χ4n) is 2.09. The lowest BCUT2D eigenvalue weighted by Crippen LogP contribution is -2.16. The van der Waals surface area contributed by atoms with Crippen LogP contribution in [-0.2, 0) is 13.1 Å². The third-order valence-electron chi connectivity index (χ3n) is 3.19. The number of fused-ring (bicyclic) bond motifs is 1. The smallest absolute Gasteiger partial charge is 0.161 e. The highest BCUT2D eigenvalue weighted by atomic mass is 16.6. The van der Waals surface area contributed by atoms with Crippen molar-refractivity contribution >= 4 is 0 Å². The Morgan fingerprint density at radius 3 is 2.84 bits per heavy atom. The van der Waals surface area contributed by atoms with Crippen LogP contribution in [0.1, 0.15) is 16.8 Å². The highest BCUT2D eigenvalue weighted by Crippen LogP contribution is 2.30. The van der Waals surface area contributed by atoms with Crippen LogP contribution < -0.4 is 14.8 Å². The molecule has 2 heterocycles. The Kier molecular flexibility index (Phi) is 3.37. The van der Waals surface area contributed by atoms with Gasteiger partial charge in [-0.1, -0.05) is 6.07 Å². The zero-order valence-corrected chi connectivity index (χ0v) is 10.9. The normalized spacial score (nSPS) is 13.5. The van der Waals surface area contributed by atoms with Crippen molar-refractivity contribution in [2.24, 2.45) is 0 Å².